The minimum absolute atomic E-state index is 0.00208. The van der Waals surface area contributed by atoms with Gasteiger partial charge in [-0.05, 0) is 12.3 Å². The predicted octanol–water partition coefficient (Wildman–Crippen LogP) is 0.773. The Morgan fingerprint density at radius 1 is 1.59 bits per heavy atom. The number of hydrogen-bond acceptors (Lipinski definition) is 4. The Kier molecular flexibility index (Phi) is 3.38. The fourth-order valence-electron chi connectivity index (χ4n) is 2.11. The van der Waals surface area contributed by atoms with Gasteiger partial charge in [-0.15, -0.1) is 0 Å². The summed E-state index contributed by atoms with van der Waals surface area (Å²) in [5.74, 6) is 0.218. The number of nitrogens with zero attached hydrogens (tertiary/aromatic N) is 3. The summed E-state index contributed by atoms with van der Waals surface area (Å²) >= 11 is 0. The minimum atomic E-state index is 0.00208. The van der Waals surface area contributed by atoms with E-state index in [-0.39, 0.29) is 17.9 Å². The quantitative estimate of drug-likeness (QED) is 0.820. The highest BCUT2D eigenvalue weighted by atomic mass is 16.2. The number of carbonyl (C=O) groups excluding carboxylic acids is 1. The Bertz CT molecular complexity index is 419. The van der Waals surface area contributed by atoms with Crippen LogP contribution in [0.1, 0.15) is 42.2 Å². The highest BCUT2D eigenvalue weighted by Gasteiger charge is 2.27. The number of aromatic nitrogens is 2. The van der Waals surface area contributed by atoms with Gasteiger partial charge in [0.25, 0.3) is 5.91 Å². The van der Waals surface area contributed by atoms with E-state index in [4.69, 9.17) is 5.73 Å². The Balaban J connectivity index is 2.25. The molecule has 2 N–H and O–H groups in total. The molecule has 1 saturated heterocycles. The van der Waals surface area contributed by atoms with Crippen LogP contribution in [-0.2, 0) is 0 Å². The van der Waals surface area contributed by atoms with Gasteiger partial charge in [-0.1, -0.05) is 13.8 Å². The van der Waals surface area contributed by atoms with Crippen molar-refractivity contribution in [2.45, 2.75) is 32.2 Å². The lowest BCUT2D eigenvalue weighted by atomic mass is 10.0. The second-order valence-electron chi connectivity index (χ2n) is 4.78. The molecule has 1 aromatic rings. The first-order valence-corrected chi connectivity index (χ1v) is 5.94. The largest absolute Gasteiger partial charge is 0.337 e. The van der Waals surface area contributed by atoms with Crippen molar-refractivity contribution in [3.05, 3.63) is 23.8 Å². The van der Waals surface area contributed by atoms with Gasteiger partial charge in [-0.2, -0.15) is 0 Å². The molecule has 5 nitrogen and oxygen atoms in total. The van der Waals surface area contributed by atoms with Gasteiger partial charge in [0, 0.05) is 25.3 Å². The van der Waals surface area contributed by atoms with E-state index < -0.39 is 0 Å². The van der Waals surface area contributed by atoms with Crippen LogP contribution in [0.25, 0.3) is 0 Å². The van der Waals surface area contributed by atoms with Crippen molar-refractivity contribution in [3.63, 3.8) is 0 Å². The fourth-order valence-corrected chi connectivity index (χ4v) is 2.11. The van der Waals surface area contributed by atoms with E-state index in [1.807, 2.05) is 13.8 Å². The third kappa shape index (κ3) is 2.44. The highest BCUT2D eigenvalue weighted by molar-refractivity contribution is 5.95. The molecule has 1 unspecified atom stereocenters. The summed E-state index contributed by atoms with van der Waals surface area (Å²) in [7, 11) is 0. The molecule has 17 heavy (non-hydrogen) atoms. The third-order valence-corrected chi connectivity index (χ3v) is 3.03. The van der Waals surface area contributed by atoms with E-state index in [0.717, 1.165) is 18.7 Å². The van der Waals surface area contributed by atoms with Crippen LogP contribution in [0.15, 0.2) is 12.5 Å². The van der Waals surface area contributed by atoms with Crippen LogP contribution in [0.3, 0.4) is 0 Å². The second-order valence-corrected chi connectivity index (χ2v) is 4.78. The van der Waals surface area contributed by atoms with E-state index in [1.165, 1.54) is 6.33 Å². The zero-order valence-electron chi connectivity index (χ0n) is 10.3. The lowest BCUT2D eigenvalue weighted by molar-refractivity contribution is 0.0788. The molecular weight excluding hydrogens is 216 g/mol. The maximum absolute atomic E-state index is 12.3. The zero-order chi connectivity index (χ0) is 12.4. The minimum Gasteiger partial charge on any atom is -0.337 e. The number of hydrogen-bond donors (Lipinski definition) is 1. The number of rotatable bonds is 2. The molecule has 92 valence electrons. The molecule has 2 heterocycles. The summed E-state index contributed by atoms with van der Waals surface area (Å²) in [6.07, 6.45) is 3.97. The zero-order valence-corrected chi connectivity index (χ0v) is 10.3. The summed E-state index contributed by atoms with van der Waals surface area (Å²) in [6, 6.07) is 0.103. The molecule has 1 fully saturated rings. The molecule has 1 atom stereocenters. The van der Waals surface area contributed by atoms with Crippen LogP contribution in [0, 0.1) is 0 Å². The van der Waals surface area contributed by atoms with E-state index in [0.29, 0.717) is 12.1 Å². The first kappa shape index (κ1) is 12.0. The van der Waals surface area contributed by atoms with Gasteiger partial charge in [-0.3, -0.25) is 4.79 Å². The molecule has 0 aromatic carbocycles. The molecule has 1 aliphatic heterocycles. The van der Waals surface area contributed by atoms with Crippen molar-refractivity contribution >= 4 is 5.91 Å². The van der Waals surface area contributed by atoms with Crippen molar-refractivity contribution in [2.75, 3.05) is 13.1 Å². The standard InChI is InChI=1S/C12H18N4O/c1-8(2)11-10(5-14-7-15-11)12(17)16-4-3-9(13)6-16/h5,7-9H,3-4,6,13H2,1-2H3. The van der Waals surface area contributed by atoms with Crippen LogP contribution >= 0.6 is 0 Å². The summed E-state index contributed by atoms with van der Waals surface area (Å²) in [5, 5.41) is 0. The van der Waals surface area contributed by atoms with Gasteiger partial charge in [0.2, 0.25) is 0 Å². The van der Waals surface area contributed by atoms with Gasteiger partial charge in [0.15, 0.2) is 0 Å². The summed E-state index contributed by atoms with van der Waals surface area (Å²) in [5.41, 5.74) is 7.23. The average Bonchev–Trinajstić information content (AvgIpc) is 2.75. The number of carbonyl (C=O) groups is 1. The Morgan fingerprint density at radius 2 is 2.35 bits per heavy atom. The van der Waals surface area contributed by atoms with Gasteiger partial charge in [-0.25, -0.2) is 9.97 Å². The molecule has 0 spiro atoms. The first-order valence-electron chi connectivity index (χ1n) is 5.94. The summed E-state index contributed by atoms with van der Waals surface area (Å²) in [4.78, 5) is 22.2. The van der Waals surface area contributed by atoms with Crippen molar-refractivity contribution < 1.29 is 4.79 Å². The molecule has 1 amide bonds. The smallest absolute Gasteiger partial charge is 0.257 e. The van der Waals surface area contributed by atoms with Gasteiger partial charge >= 0.3 is 0 Å². The van der Waals surface area contributed by atoms with Gasteiger partial charge < -0.3 is 10.6 Å². The van der Waals surface area contributed by atoms with Crippen LogP contribution in [0.4, 0.5) is 0 Å². The fraction of sp³-hybridized carbons (Fsp3) is 0.583. The van der Waals surface area contributed by atoms with E-state index in [9.17, 15) is 4.79 Å². The average molecular weight is 234 g/mol. The molecule has 5 heteroatoms. The first-order chi connectivity index (χ1) is 8.09. The Hall–Kier alpha value is -1.49. The molecule has 0 radical (unpaired) electrons. The van der Waals surface area contributed by atoms with E-state index in [1.54, 1.807) is 11.1 Å². The molecular formula is C12H18N4O. The van der Waals surface area contributed by atoms with Gasteiger partial charge in [0.1, 0.15) is 6.33 Å². The number of likely N-dealkylation sites (tertiary alicyclic amines) is 1. The maximum Gasteiger partial charge on any atom is 0.257 e. The molecule has 0 aliphatic carbocycles. The normalized spacial score (nSPS) is 20.0. The van der Waals surface area contributed by atoms with Crippen molar-refractivity contribution in [3.8, 4) is 0 Å². The topological polar surface area (TPSA) is 72.1 Å². The Morgan fingerprint density at radius 3 is 2.94 bits per heavy atom. The Labute approximate surface area is 101 Å². The van der Waals surface area contributed by atoms with E-state index >= 15 is 0 Å². The lowest BCUT2D eigenvalue weighted by Crippen LogP contribution is -2.32. The van der Waals surface area contributed by atoms with Crippen LogP contribution in [-0.4, -0.2) is 39.9 Å². The summed E-state index contributed by atoms with van der Waals surface area (Å²) < 4.78 is 0. The molecule has 2 rings (SSSR count). The monoisotopic (exact) mass is 234 g/mol. The van der Waals surface area contributed by atoms with Crippen molar-refractivity contribution in [1.82, 2.24) is 14.9 Å². The van der Waals surface area contributed by atoms with Crippen molar-refractivity contribution in [2.24, 2.45) is 5.73 Å². The molecule has 0 bridgehead atoms. The van der Waals surface area contributed by atoms with Crippen LogP contribution in [0.5, 0.6) is 0 Å². The SMILES string of the molecule is CC(C)c1ncncc1C(=O)N1CCC(N)C1. The second kappa shape index (κ2) is 4.79. The lowest BCUT2D eigenvalue weighted by Gasteiger charge is -2.18. The molecule has 1 aliphatic rings. The highest BCUT2D eigenvalue weighted by Crippen LogP contribution is 2.19. The predicted molar refractivity (Wildman–Crippen MR) is 64.6 cm³/mol. The molecule has 0 saturated carbocycles. The third-order valence-electron chi connectivity index (χ3n) is 3.03. The van der Waals surface area contributed by atoms with E-state index in [2.05, 4.69) is 9.97 Å². The van der Waals surface area contributed by atoms with Gasteiger partial charge in [0.05, 0.1) is 11.3 Å². The van der Waals surface area contributed by atoms with Crippen molar-refractivity contribution in [1.29, 1.82) is 0 Å². The maximum atomic E-state index is 12.3. The molecule has 1 aromatic heterocycles. The van der Waals surface area contributed by atoms with Crippen LogP contribution < -0.4 is 5.73 Å². The van der Waals surface area contributed by atoms with Crippen LogP contribution in [0.2, 0.25) is 0 Å². The number of amides is 1. The number of nitrogens with two attached hydrogens (primary N) is 1. The summed E-state index contributed by atoms with van der Waals surface area (Å²) in [6.45, 7) is 5.40.